The van der Waals surface area contributed by atoms with Gasteiger partial charge in [0.25, 0.3) is 0 Å². The number of hydrogen-bond donors (Lipinski definition) is 3. The zero-order valence-electron chi connectivity index (χ0n) is 16.4. The van der Waals surface area contributed by atoms with Gasteiger partial charge < -0.3 is 15.5 Å². The first-order valence-electron chi connectivity index (χ1n) is 9.42. The highest BCUT2D eigenvalue weighted by atomic mass is 35.5. The van der Waals surface area contributed by atoms with Gasteiger partial charge in [-0.25, -0.2) is 14.8 Å². The van der Waals surface area contributed by atoms with Crippen molar-refractivity contribution in [3.63, 3.8) is 0 Å². The molecule has 0 spiro atoms. The van der Waals surface area contributed by atoms with Crippen LogP contribution in [0.3, 0.4) is 0 Å². The van der Waals surface area contributed by atoms with E-state index in [-0.39, 0.29) is 23.9 Å². The number of aliphatic hydroxyl groups excluding tert-OH is 1. The van der Waals surface area contributed by atoms with Gasteiger partial charge in [0.2, 0.25) is 5.95 Å². The summed E-state index contributed by atoms with van der Waals surface area (Å²) in [7, 11) is 0. The molecule has 0 bridgehead atoms. The molecule has 32 heavy (non-hydrogen) atoms. The van der Waals surface area contributed by atoms with Crippen LogP contribution in [-0.2, 0) is 0 Å². The van der Waals surface area contributed by atoms with Gasteiger partial charge in [-0.1, -0.05) is 35.3 Å². The molecule has 0 aliphatic carbocycles. The topological polar surface area (TPSA) is 108 Å². The van der Waals surface area contributed by atoms with Crippen LogP contribution in [0.4, 0.5) is 11.6 Å². The molecule has 0 saturated carbocycles. The molecule has 0 aliphatic heterocycles. The lowest BCUT2D eigenvalue weighted by Crippen LogP contribution is -2.06. The highest BCUT2D eigenvalue weighted by Crippen LogP contribution is 2.37. The SMILES string of the molecule is O=C(O)c1nc2nc(Nc3cccc(SCCO)c3)ncc2cc1-c1c(Cl)cccc1Cl. The standard InChI is InChI=1S/C22H16Cl2N4O3S/c23-16-5-2-6-17(24)18(16)15-9-12-11-25-22(28-20(12)27-19(15)21(30)31)26-13-3-1-4-14(10-13)32-8-7-29/h1-6,9-11,29H,7-8H2,(H,30,31)(H,25,26,27,28). The lowest BCUT2D eigenvalue weighted by Gasteiger charge is -2.12. The Balaban J connectivity index is 1.73. The van der Waals surface area contributed by atoms with Crippen LogP contribution in [0.2, 0.25) is 10.0 Å². The number of rotatable bonds is 7. The van der Waals surface area contributed by atoms with E-state index < -0.39 is 5.97 Å². The Morgan fingerprint density at radius 2 is 1.81 bits per heavy atom. The van der Waals surface area contributed by atoms with Gasteiger partial charge in [0.15, 0.2) is 11.3 Å². The minimum absolute atomic E-state index is 0.0923. The average molecular weight is 487 g/mol. The second-order valence-electron chi connectivity index (χ2n) is 6.62. The molecule has 2 aromatic carbocycles. The number of aliphatic hydroxyl groups is 1. The summed E-state index contributed by atoms with van der Waals surface area (Å²) in [5.41, 5.74) is 1.45. The van der Waals surface area contributed by atoms with Crippen LogP contribution in [-0.4, -0.2) is 43.5 Å². The molecular weight excluding hydrogens is 471 g/mol. The number of pyridine rings is 1. The molecule has 2 aromatic heterocycles. The Kier molecular flexibility index (Phi) is 6.76. The summed E-state index contributed by atoms with van der Waals surface area (Å²) in [6, 6.07) is 14.2. The van der Waals surface area contributed by atoms with E-state index in [0.717, 1.165) is 10.6 Å². The van der Waals surface area contributed by atoms with Crippen LogP contribution in [0.5, 0.6) is 0 Å². The molecule has 0 radical (unpaired) electrons. The van der Waals surface area contributed by atoms with Crippen molar-refractivity contribution in [2.24, 2.45) is 0 Å². The smallest absolute Gasteiger partial charge is 0.355 e. The second kappa shape index (κ2) is 9.70. The number of halogens is 2. The van der Waals surface area contributed by atoms with Gasteiger partial charge in [0.1, 0.15) is 0 Å². The fourth-order valence-electron chi connectivity index (χ4n) is 3.09. The average Bonchev–Trinajstić information content (AvgIpc) is 2.77. The maximum atomic E-state index is 11.9. The van der Waals surface area contributed by atoms with Crippen molar-refractivity contribution >= 4 is 63.6 Å². The Bertz CT molecular complexity index is 1300. The van der Waals surface area contributed by atoms with Gasteiger partial charge in [0.05, 0.1) is 6.61 Å². The number of fused-ring (bicyclic) bond motifs is 1. The molecule has 4 rings (SSSR count). The number of nitrogens with one attached hydrogen (secondary N) is 1. The number of aromatic carboxylic acids is 1. The van der Waals surface area contributed by atoms with Crippen molar-refractivity contribution < 1.29 is 15.0 Å². The third kappa shape index (κ3) is 4.78. The molecule has 162 valence electrons. The molecule has 0 fully saturated rings. The number of carboxylic acids is 1. The fourth-order valence-corrected chi connectivity index (χ4v) is 4.40. The predicted octanol–water partition coefficient (Wildman–Crippen LogP) is 5.52. The minimum atomic E-state index is -1.22. The van der Waals surface area contributed by atoms with E-state index in [2.05, 4.69) is 20.3 Å². The van der Waals surface area contributed by atoms with Gasteiger partial charge in [-0.15, -0.1) is 11.8 Å². The molecule has 4 aromatic rings. The molecule has 0 aliphatic rings. The zero-order valence-corrected chi connectivity index (χ0v) is 18.7. The van der Waals surface area contributed by atoms with E-state index >= 15 is 0 Å². The molecule has 3 N–H and O–H groups in total. The Labute approximate surface area is 197 Å². The summed E-state index contributed by atoms with van der Waals surface area (Å²) in [6.07, 6.45) is 1.56. The fraction of sp³-hybridized carbons (Fsp3) is 0.0909. The molecule has 10 heteroatoms. The largest absolute Gasteiger partial charge is 0.476 e. The number of anilines is 2. The molecule has 7 nitrogen and oxygen atoms in total. The molecular formula is C22H16Cl2N4O3S. The number of benzene rings is 2. The van der Waals surface area contributed by atoms with E-state index in [1.165, 1.54) is 11.8 Å². The number of aromatic nitrogens is 3. The van der Waals surface area contributed by atoms with Crippen LogP contribution in [0.1, 0.15) is 10.5 Å². The van der Waals surface area contributed by atoms with Crippen molar-refractivity contribution in [3.05, 3.63) is 70.5 Å². The summed E-state index contributed by atoms with van der Waals surface area (Å²) in [4.78, 5) is 25.9. The van der Waals surface area contributed by atoms with Crippen molar-refractivity contribution in [3.8, 4) is 11.1 Å². The van der Waals surface area contributed by atoms with Crippen molar-refractivity contribution in [2.75, 3.05) is 17.7 Å². The maximum Gasteiger partial charge on any atom is 0.355 e. The van der Waals surface area contributed by atoms with Crippen LogP contribution < -0.4 is 5.32 Å². The zero-order chi connectivity index (χ0) is 22.7. The van der Waals surface area contributed by atoms with Gasteiger partial charge in [0, 0.05) is 49.1 Å². The number of hydrogen-bond acceptors (Lipinski definition) is 7. The number of carboxylic acid groups (broad SMARTS) is 1. The Hall–Kier alpha value is -2.91. The van der Waals surface area contributed by atoms with Gasteiger partial charge in [-0.05, 0) is 36.4 Å². The minimum Gasteiger partial charge on any atom is -0.476 e. The van der Waals surface area contributed by atoms with Gasteiger partial charge >= 0.3 is 5.97 Å². The van der Waals surface area contributed by atoms with Crippen molar-refractivity contribution in [1.82, 2.24) is 15.0 Å². The molecule has 0 amide bonds. The lowest BCUT2D eigenvalue weighted by molar-refractivity contribution is 0.0692. The number of nitrogens with zero attached hydrogens (tertiary/aromatic N) is 3. The Morgan fingerprint density at radius 3 is 2.53 bits per heavy atom. The number of thioether (sulfide) groups is 1. The van der Waals surface area contributed by atoms with Crippen molar-refractivity contribution in [2.45, 2.75) is 4.90 Å². The highest BCUT2D eigenvalue weighted by molar-refractivity contribution is 7.99. The quantitative estimate of drug-likeness (QED) is 0.292. The van der Waals surface area contributed by atoms with E-state index in [0.29, 0.717) is 32.3 Å². The normalized spacial score (nSPS) is 11.0. The first-order chi connectivity index (χ1) is 15.5. The molecule has 0 unspecified atom stereocenters. The Morgan fingerprint density at radius 1 is 1.06 bits per heavy atom. The van der Waals surface area contributed by atoms with Crippen LogP contribution >= 0.6 is 35.0 Å². The highest BCUT2D eigenvalue weighted by Gasteiger charge is 2.20. The summed E-state index contributed by atoms with van der Waals surface area (Å²) in [6.45, 7) is 0.0923. The third-order valence-electron chi connectivity index (χ3n) is 4.45. The second-order valence-corrected chi connectivity index (χ2v) is 8.60. The summed E-state index contributed by atoms with van der Waals surface area (Å²) < 4.78 is 0. The first kappa shape index (κ1) is 22.3. The first-order valence-corrected chi connectivity index (χ1v) is 11.2. The monoisotopic (exact) mass is 486 g/mol. The van der Waals surface area contributed by atoms with Crippen LogP contribution in [0, 0.1) is 0 Å². The molecule has 0 atom stereocenters. The lowest BCUT2D eigenvalue weighted by atomic mass is 10.0. The summed E-state index contributed by atoms with van der Waals surface area (Å²) >= 11 is 14.1. The van der Waals surface area contributed by atoms with E-state index in [9.17, 15) is 9.90 Å². The maximum absolute atomic E-state index is 11.9. The van der Waals surface area contributed by atoms with E-state index in [1.54, 1.807) is 30.5 Å². The van der Waals surface area contributed by atoms with Crippen LogP contribution in [0.15, 0.2) is 59.6 Å². The van der Waals surface area contributed by atoms with Crippen molar-refractivity contribution in [1.29, 1.82) is 0 Å². The molecule has 2 heterocycles. The summed E-state index contributed by atoms with van der Waals surface area (Å²) in [5, 5.41) is 23.0. The third-order valence-corrected chi connectivity index (χ3v) is 6.06. The summed E-state index contributed by atoms with van der Waals surface area (Å²) in [5.74, 6) is -0.357. The van der Waals surface area contributed by atoms with E-state index in [4.69, 9.17) is 28.3 Å². The predicted molar refractivity (Wildman–Crippen MR) is 127 cm³/mol. The number of carbonyl (C=O) groups is 1. The molecule has 0 saturated heterocycles. The van der Waals surface area contributed by atoms with Gasteiger partial charge in [-0.2, -0.15) is 4.98 Å². The van der Waals surface area contributed by atoms with E-state index in [1.807, 2.05) is 24.3 Å². The van der Waals surface area contributed by atoms with Crippen LogP contribution in [0.25, 0.3) is 22.2 Å². The van der Waals surface area contributed by atoms with Gasteiger partial charge in [-0.3, -0.25) is 0 Å².